The van der Waals surface area contributed by atoms with Gasteiger partial charge in [0.25, 0.3) is 0 Å². The number of carbonyl (C=O) groups is 1. The van der Waals surface area contributed by atoms with Crippen molar-refractivity contribution in [1.29, 1.82) is 0 Å². The van der Waals surface area contributed by atoms with Crippen LogP contribution in [0.25, 0.3) is 0 Å². The van der Waals surface area contributed by atoms with Crippen LogP contribution < -0.4 is 4.74 Å². The third kappa shape index (κ3) is 2.37. The van der Waals surface area contributed by atoms with E-state index in [1.165, 1.54) is 13.2 Å². The number of benzene rings is 1. The highest BCUT2D eigenvalue weighted by Crippen LogP contribution is 2.29. The fourth-order valence-electron chi connectivity index (χ4n) is 1.22. The molecular weight excluding hydrogens is 263 g/mol. The topological polar surface area (TPSA) is 26.3 Å². The number of ketones is 1. The Kier molecular flexibility index (Phi) is 3.85. The van der Waals surface area contributed by atoms with Gasteiger partial charge in [0, 0.05) is 5.92 Å². The Morgan fingerprint density at radius 2 is 2.07 bits per heavy atom. The van der Waals surface area contributed by atoms with E-state index < -0.39 is 5.82 Å². The zero-order valence-corrected chi connectivity index (χ0v) is 10.4. The quantitative estimate of drug-likeness (QED) is 0.790. The monoisotopic (exact) mass is 274 g/mol. The third-order valence-corrected chi connectivity index (χ3v) is 2.66. The molecule has 4 heteroatoms. The van der Waals surface area contributed by atoms with Crippen LogP contribution in [0.1, 0.15) is 24.2 Å². The molecule has 0 N–H and O–H groups in total. The van der Waals surface area contributed by atoms with Crippen molar-refractivity contribution in [3.63, 3.8) is 0 Å². The number of hydrogen-bond acceptors (Lipinski definition) is 2. The minimum Gasteiger partial charge on any atom is -0.496 e. The van der Waals surface area contributed by atoms with Gasteiger partial charge in [-0.15, -0.1) is 0 Å². The fraction of sp³-hybridized carbons (Fsp3) is 0.364. The Labute approximate surface area is 96.6 Å². The Bertz CT molecular complexity index is 388. The summed E-state index contributed by atoms with van der Waals surface area (Å²) in [5, 5.41) is 0. The van der Waals surface area contributed by atoms with Gasteiger partial charge in [0.1, 0.15) is 5.75 Å². The average Bonchev–Trinajstić information content (AvgIpc) is 2.20. The van der Waals surface area contributed by atoms with E-state index in [1.807, 2.05) is 0 Å². The molecule has 1 aromatic rings. The molecule has 0 aliphatic carbocycles. The molecule has 0 spiro atoms. The molecule has 0 aromatic heterocycles. The van der Waals surface area contributed by atoms with Crippen molar-refractivity contribution in [1.82, 2.24) is 0 Å². The van der Waals surface area contributed by atoms with Gasteiger partial charge in [-0.2, -0.15) is 0 Å². The van der Waals surface area contributed by atoms with Gasteiger partial charge < -0.3 is 4.74 Å². The summed E-state index contributed by atoms with van der Waals surface area (Å²) in [7, 11) is 1.42. The first-order chi connectivity index (χ1) is 6.99. The lowest BCUT2D eigenvalue weighted by atomic mass is 10.00. The molecule has 0 saturated heterocycles. The zero-order chi connectivity index (χ0) is 11.6. The molecular formula is C11H12BrFO2. The molecule has 0 bridgehead atoms. The summed E-state index contributed by atoms with van der Waals surface area (Å²) >= 11 is 3.04. The number of ether oxygens (including phenoxy) is 1. The number of hydrogen-bond donors (Lipinski definition) is 0. The zero-order valence-electron chi connectivity index (χ0n) is 8.80. The fourth-order valence-corrected chi connectivity index (χ4v) is 1.55. The maximum atomic E-state index is 13.7. The number of methoxy groups -OCH3 is 1. The van der Waals surface area contributed by atoms with Crippen molar-refractivity contribution in [3.05, 3.63) is 28.0 Å². The number of Topliss-reactive ketones (excluding diaryl/α,β-unsaturated/α-hetero) is 1. The third-order valence-electron chi connectivity index (χ3n) is 2.05. The molecule has 1 rings (SSSR count). The molecule has 0 saturated carbocycles. The molecule has 1 aromatic carbocycles. The Morgan fingerprint density at radius 3 is 2.53 bits per heavy atom. The molecule has 0 amide bonds. The van der Waals surface area contributed by atoms with Gasteiger partial charge in [-0.05, 0) is 28.1 Å². The maximum Gasteiger partial charge on any atom is 0.172 e. The van der Waals surface area contributed by atoms with E-state index in [0.717, 1.165) is 0 Å². The smallest absolute Gasteiger partial charge is 0.172 e. The first-order valence-corrected chi connectivity index (χ1v) is 5.34. The van der Waals surface area contributed by atoms with Crippen LogP contribution >= 0.6 is 15.9 Å². The van der Waals surface area contributed by atoms with Crippen molar-refractivity contribution in [2.24, 2.45) is 5.92 Å². The highest BCUT2D eigenvalue weighted by molar-refractivity contribution is 9.10. The van der Waals surface area contributed by atoms with Crippen molar-refractivity contribution in [3.8, 4) is 5.75 Å². The average molecular weight is 275 g/mol. The van der Waals surface area contributed by atoms with E-state index in [1.54, 1.807) is 19.9 Å². The molecule has 0 atom stereocenters. The van der Waals surface area contributed by atoms with Crippen molar-refractivity contribution in [2.45, 2.75) is 13.8 Å². The first-order valence-electron chi connectivity index (χ1n) is 4.55. The summed E-state index contributed by atoms with van der Waals surface area (Å²) in [5.74, 6) is -0.809. The standard InChI is InChI=1S/C11H12BrFO2/c1-6(2)11(14)9-8(15-3)5-4-7(12)10(9)13/h4-6H,1-3H3. The van der Waals surface area contributed by atoms with Gasteiger partial charge in [-0.1, -0.05) is 13.8 Å². The second-order valence-corrected chi connectivity index (χ2v) is 4.31. The number of halogens is 2. The lowest BCUT2D eigenvalue weighted by molar-refractivity contribution is 0.0932. The summed E-state index contributed by atoms with van der Waals surface area (Å²) in [6.07, 6.45) is 0. The van der Waals surface area contributed by atoms with Crippen LogP contribution in [0.15, 0.2) is 16.6 Å². The molecule has 2 nitrogen and oxygen atoms in total. The SMILES string of the molecule is COc1ccc(Br)c(F)c1C(=O)C(C)C. The summed E-state index contributed by atoms with van der Waals surface area (Å²) in [6, 6.07) is 3.09. The van der Waals surface area contributed by atoms with Crippen LogP contribution in [0.5, 0.6) is 5.75 Å². The molecule has 82 valence electrons. The Hall–Kier alpha value is -0.900. The van der Waals surface area contributed by atoms with E-state index >= 15 is 0 Å². The first kappa shape index (κ1) is 12.2. The van der Waals surface area contributed by atoms with E-state index in [9.17, 15) is 9.18 Å². The second kappa shape index (κ2) is 4.75. The van der Waals surface area contributed by atoms with Crippen molar-refractivity contribution in [2.75, 3.05) is 7.11 Å². The van der Waals surface area contributed by atoms with E-state index in [-0.39, 0.29) is 27.5 Å². The summed E-state index contributed by atoms with van der Waals surface area (Å²) in [5.41, 5.74) is 0.0156. The Morgan fingerprint density at radius 1 is 1.47 bits per heavy atom. The van der Waals surface area contributed by atoms with E-state index in [4.69, 9.17) is 4.74 Å². The molecule has 0 unspecified atom stereocenters. The molecule has 0 aliphatic heterocycles. The normalized spacial score (nSPS) is 10.5. The highest BCUT2D eigenvalue weighted by atomic mass is 79.9. The summed E-state index contributed by atoms with van der Waals surface area (Å²) in [6.45, 7) is 3.45. The molecule has 0 fully saturated rings. The van der Waals surface area contributed by atoms with Crippen molar-refractivity contribution >= 4 is 21.7 Å². The van der Waals surface area contributed by atoms with E-state index in [0.29, 0.717) is 0 Å². The van der Waals surface area contributed by atoms with Gasteiger partial charge in [0.2, 0.25) is 0 Å². The summed E-state index contributed by atoms with van der Waals surface area (Å²) in [4.78, 5) is 11.8. The lowest BCUT2D eigenvalue weighted by Crippen LogP contribution is -2.12. The number of carbonyl (C=O) groups excluding carboxylic acids is 1. The van der Waals surface area contributed by atoms with Crippen molar-refractivity contribution < 1.29 is 13.9 Å². The van der Waals surface area contributed by atoms with Crippen LogP contribution in [0.2, 0.25) is 0 Å². The maximum absolute atomic E-state index is 13.7. The van der Waals surface area contributed by atoms with Crippen LogP contribution in [-0.4, -0.2) is 12.9 Å². The lowest BCUT2D eigenvalue weighted by Gasteiger charge is -2.11. The van der Waals surface area contributed by atoms with Crippen LogP contribution in [0.4, 0.5) is 4.39 Å². The van der Waals surface area contributed by atoms with Gasteiger partial charge in [0.05, 0.1) is 17.1 Å². The number of rotatable bonds is 3. The highest BCUT2D eigenvalue weighted by Gasteiger charge is 2.22. The van der Waals surface area contributed by atoms with Crippen LogP contribution in [0.3, 0.4) is 0 Å². The largest absolute Gasteiger partial charge is 0.496 e. The van der Waals surface area contributed by atoms with Gasteiger partial charge in [-0.3, -0.25) is 4.79 Å². The molecule has 0 heterocycles. The van der Waals surface area contributed by atoms with Gasteiger partial charge in [-0.25, -0.2) is 4.39 Å². The Balaban J connectivity index is 3.36. The molecule has 0 radical (unpaired) electrons. The van der Waals surface area contributed by atoms with Gasteiger partial charge in [0.15, 0.2) is 11.6 Å². The second-order valence-electron chi connectivity index (χ2n) is 3.46. The minimum atomic E-state index is -0.562. The van der Waals surface area contributed by atoms with Crippen LogP contribution in [0, 0.1) is 11.7 Å². The summed E-state index contributed by atoms with van der Waals surface area (Å²) < 4.78 is 19.0. The predicted molar refractivity (Wildman–Crippen MR) is 59.8 cm³/mol. The molecule has 15 heavy (non-hydrogen) atoms. The molecule has 0 aliphatic rings. The van der Waals surface area contributed by atoms with Gasteiger partial charge >= 0.3 is 0 Å². The predicted octanol–water partition coefficient (Wildman–Crippen LogP) is 3.44. The van der Waals surface area contributed by atoms with Crippen LogP contribution in [-0.2, 0) is 0 Å². The minimum absolute atomic E-state index is 0.0156. The van der Waals surface area contributed by atoms with E-state index in [2.05, 4.69) is 15.9 Å².